The van der Waals surface area contributed by atoms with E-state index in [1.807, 2.05) is 85.3 Å². The number of hydrogen-bond donors (Lipinski definition) is 1. The topological polar surface area (TPSA) is 74.0 Å². The number of benzene rings is 3. The van der Waals surface area contributed by atoms with Crippen molar-refractivity contribution in [3.05, 3.63) is 119 Å². The number of ether oxygens (including phenoxy) is 1. The molecule has 37 heavy (non-hydrogen) atoms. The van der Waals surface area contributed by atoms with Crippen LogP contribution >= 0.6 is 11.6 Å². The first-order valence-corrected chi connectivity index (χ1v) is 12.3. The van der Waals surface area contributed by atoms with Crippen molar-refractivity contribution in [3.8, 4) is 16.9 Å². The molecule has 0 aliphatic carbocycles. The van der Waals surface area contributed by atoms with Crippen LogP contribution in [-0.2, 0) is 13.3 Å². The number of halogens is 1. The summed E-state index contributed by atoms with van der Waals surface area (Å²) in [4.78, 5) is 12.9. The first-order valence-electron chi connectivity index (χ1n) is 11.9. The van der Waals surface area contributed by atoms with Gasteiger partial charge in [-0.25, -0.2) is 4.68 Å². The monoisotopic (exact) mass is 511 g/mol. The van der Waals surface area contributed by atoms with E-state index in [0.717, 1.165) is 33.8 Å². The van der Waals surface area contributed by atoms with Gasteiger partial charge in [0.2, 0.25) is 0 Å². The number of aryl methyl sites for hydroxylation is 1. The van der Waals surface area contributed by atoms with Crippen LogP contribution in [0.2, 0.25) is 5.02 Å². The van der Waals surface area contributed by atoms with Gasteiger partial charge in [-0.05, 0) is 54.8 Å². The molecule has 1 N–H and O–H groups in total. The van der Waals surface area contributed by atoms with Gasteiger partial charge in [-0.3, -0.25) is 9.48 Å². The molecular formula is C29H26ClN5O2. The zero-order valence-corrected chi connectivity index (χ0v) is 21.3. The molecule has 5 aromatic rings. The Balaban J connectivity index is 1.21. The van der Waals surface area contributed by atoms with Gasteiger partial charge in [0.25, 0.3) is 5.91 Å². The molecule has 0 fully saturated rings. The van der Waals surface area contributed by atoms with Gasteiger partial charge < -0.3 is 10.1 Å². The van der Waals surface area contributed by atoms with Crippen molar-refractivity contribution >= 4 is 23.2 Å². The Hall–Kier alpha value is -4.36. The van der Waals surface area contributed by atoms with E-state index in [0.29, 0.717) is 22.9 Å². The number of anilines is 1. The maximum absolute atomic E-state index is 12.9. The van der Waals surface area contributed by atoms with E-state index in [4.69, 9.17) is 16.3 Å². The van der Waals surface area contributed by atoms with Gasteiger partial charge in [0.15, 0.2) is 12.4 Å². The Labute approximate surface area is 220 Å². The smallest absolute Gasteiger partial charge is 0.276 e. The van der Waals surface area contributed by atoms with Gasteiger partial charge in [-0.15, -0.1) is 0 Å². The van der Waals surface area contributed by atoms with E-state index in [1.54, 1.807) is 16.9 Å². The quantitative estimate of drug-likeness (QED) is 0.263. The van der Waals surface area contributed by atoms with Crippen LogP contribution < -0.4 is 10.1 Å². The highest BCUT2D eigenvalue weighted by Gasteiger charge is 2.17. The van der Waals surface area contributed by atoms with Gasteiger partial charge in [0.05, 0.1) is 23.6 Å². The number of carbonyl (C=O) groups is 1. The predicted molar refractivity (Wildman–Crippen MR) is 145 cm³/mol. The summed E-state index contributed by atoms with van der Waals surface area (Å²) in [6, 6.07) is 27.4. The molecule has 5 rings (SSSR count). The van der Waals surface area contributed by atoms with Crippen LogP contribution in [0.5, 0.6) is 5.75 Å². The van der Waals surface area contributed by atoms with Gasteiger partial charge in [-0.2, -0.15) is 10.2 Å². The average Bonchev–Trinajstić information content (AvgIpc) is 3.50. The summed E-state index contributed by atoms with van der Waals surface area (Å²) in [6.07, 6.45) is 1.72. The van der Waals surface area contributed by atoms with Crippen molar-refractivity contribution in [2.75, 3.05) is 5.32 Å². The number of nitrogens with one attached hydrogen (secondary N) is 1. The third-order valence-electron chi connectivity index (χ3n) is 6.10. The highest BCUT2D eigenvalue weighted by molar-refractivity contribution is 6.31. The lowest BCUT2D eigenvalue weighted by Crippen LogP contribution is -2.15. The second-order valence-corrected chi connectivity index (χ2v) is 9.06. The second-order valence-electron chi connectivity index (χ2n) is 8.65. The number of amides is 1. The summed E-state index contributed by atoms with van der Waals surface area (Å²) in [7, 11) is 0. The fourth-order valence-electron chi connectivity index (χ4n) is 4.07. The fourth-order valence-corrected chi connectivity index (χ4v) is 4.26. The van der Waals surface area contributed by atoms with E-state index in [2.05, 4.69) is 27.6 Å². The van der Waals surface area contributed by atoms with Gasteiger partial charge in [0, 0.05) is 11.2 Å². The van der Waals surface area contributed by atoms with Crippen molar-refractivity contribution in [2.24, 2.45) is 0 Å². The molecule has 0 radical (unpaired) electrons. The predicted octanol–water partition coefficient (Wildman–Crippen LogP) is 6.35. The molecule has 0 unspecified atom stereocenters. The van der Waals surface area contributed by atoms with Crippen LogP contribution in [0.15, 0.2) is 91.1 Å². The molecule has 1 amide bonds. The minimum atomic E-state index is -0.311. The van der Waals surface area contributed by atoms with Crippen molar-refractivity contribution < 1.29 is 9.53 Å². The Bertz CT molecular complexity index is 1520. The van der Waals surface area contributed by atoms with Crippen LogP contribution in [0.1, 0.15) is 27.4 Å². The van der Waals surface area contributed by atoms with Crippen LogP contribution in [0, 0.1) is 13.8 Å². The number of hydrogen-bond acceptors (Lipinski definition) is 4. The number of nitrogens with zero attached hydrogens (tertiary/aromatic N) is 4. The Morgan fingerprint density at radius 3 is 2.35 bits per heavy atom. The van der Waals surface area contributed by atoms with Crippen LogP contribution in [0.25, 0.3) is 11.1 Å². The van der Waals surface area contributed by atoms with Gasteiger partial charge >= 0.3 is 0 Å². The number of rotatable bonds is 8. The second kappa shape index (κ2) is 10.7. The fraction of sp³-hybridized carbons (Fsp3) is 0.138. The number of carbonyl (C=O) groups excluding carboxylic acids is 1. The molecule has 2 heterocycles. The lowest BCUT2D eigenvalue weighted by molar-refractivity contribution is 0.102. The van der Waals surface area contributed by atoms with E-state index in [-0.39, 0.29) is 12.6 Å². The standard InChI is InChI=1S/C29H26ClN5O2/c1-20-28(21(2)35(32-20)18-24-10-6-7-11-26(24)30)31-29(36)27-16-17-34(33-27)19-37-25-14-12-23(13-15-25)22-8-4-3-5-9-22/h3-17H,18-19H2,1-2H3,(H,31,36). The Kier molecular flexibility index (Phi) is 7.05. The average molecular weight is 512 g/mol. The molecule has 2 aromatic heterocycles. The van der Waals surface area contributed by atoms with Gasteiger partial charge in [-0.1, -0.05) is 72.3 Å². The first-order chi connectivity index (χ1) is 18.0. The summed E-state index contributed by atoms with van der Waals surface area (Å²) in [5.74, 6) is 0.410. The molecule has 186 valence electrons. The summed E-state index contributed by atoms with van der Waals surface area (Å²) >= 11 is 6.31. The van der Waals surface area contributed by atoms with E-state index in [9.17, 15) is 4.79 Å². The minimum absolute atomic E-state index is 0.186. The number of aromatic nitrogens is 4. The normalized spacial score (nSPS) is 10.9. The molecule has 7 nitrogen and oxygen atoms in total. The van der Waals surface area contributed by atoms with E-state index in [1.165, 1.54) is 0 Å². The first kappa shape index (κ1) is 24.3. The van der Waals surface area contributed by atoms with Gasteiger partial charge in [0.1, 0.15) is 5.75 Å². The lowest BCUT2D eigenvalue weighted by Gasteiger charge is -2.08. The van der Waals surface area contributed by atoms with Crippen molar-refractivity contribution in [2.45, 2.75) is 27.1 Å². The highest BCUT2D eigenvalue weighted by Crippen LogP contribution is 2.24. The summed E-state index contributed by atoms with van der Waals surface area (Å²) < 4.78 is 9.27. The Morgan fingerprint density at radius 2 is 1.59 bits per heavy atom. The summed E-state index contributed by atoms with van der Waals surface area (Å²) in [5.41, 5.74) is 5.75. The zero-order chi connectivity index (χ0) is 25.8. The molecule has 0 atom stereocenters. The van der Waals surface area contributed by atoms with Crippen molar-refractivity contribution in [1.29, 1.82) is 0 Å². The van der Waals surface area contributed by atoms with Crippen molar-refractivity contribution in [3.63, 3.8) is 0 Å². The van der Waals surface area contributed by atoms with E-state index < -0.39 is 0 Å². The molecule has 0 aliphatic heterocycles. The van der Waals surface area contributed by atoms with Crippen LogP contribution in [-0.4, -0.2) is 25.5 Å². The maximum Gasteiger partial charge on any atom is 0.276 e. The zero-order valence-electron chi connectivity index (χ0n) is 20.6. The molecule has 0 spiro atoms. The van der Waals surface area contributed by atoms with Crippen LogP contribution in [0.4, 0.5) is 5.69 Å². The molecule has 0 bridgehead atoms. The third kappa shape index (κ3) is 5.57. The molecule has 0 saturated heterocycles. The van der Waals surface area contributed by atoms with Crippen molar-refractivity contribution in [1.82, 2.24) is 19.6 Å². The largest absolute Gasteiger partial charge is 0.471 e. The highest BCUT2D eigenvalue weighted by atomic mass is 35.5. The summed E-state index contributed by atoms with van der Waals surface area (Å²) in [5, 5.41) is 12.6. The summed E-state index contributed by atoms with van der Waals surface area (Å²) in [6.45, 7) is 4.48. The molecular weight excluding hydrogens is 486 g/mol. The lowest BCUT2D eigenvalue weighted by atomic mass is 10.1. The molecule has 0 aliphatic rings. The van der Waals surface area contributed by atoms with Crippen LogP contribution in [0.3, 0.4) is 0 Å². The van der Waals surface area contributed by atoms with E-state index >= 15 is 0 Å². The molecule has 0 saturated carbocycles. The maximum atomic E-state index is 12.9. The molecule has 3 aromatic carbocycles. The third-order valence-corrected chi connectivity index (χ3v) is 6.46. The SMILES string of the molecule is Cc1nn(Cc2ccccc2Cl)c(C)c1NC(=O)c1ccn(COc2ccc(-c3ccccc3)cc2)n1. The minimum Gasteiger partial charge on any atom is -0.471 e. The Morgan fingerprint density at radius 1 is 0.892 bits per heavy atom. The molecule has 8 heteroatoms.